The molecule has 7 heteroatoms. The van der Waals surface area contributed by atoms with Crippen LogP contribution in [-0.4, -0.2) is 20.9 Å². The van der Waals surface area contributed by atoms with Gasteiger partial charge in [0.15, 0.2) is 11.9 Å². The molecule has 5 nitrogen and oxygen atoms in total. The molecule has 0 amide bonds. The van der Waals surface area contributed by atoms with Crippen molar-refractivity contribution in [1.29, 1.82) is 0 Å². The number of rotatable bonds is 6. The van der Waals surface area contributed by atoms with Crippen LogP contribution >= 0.6 is 27.7 Å². The highest BCUT2D eigenvalue weighted by molar-refractivity contribution is 9.10. The fourth-order valence-corrected chi connectivity index (χ4v) is 4.32. The summed E-state index contributed by atoms with van der Waals surface area (Å²) in [6.07, 6.45) is 3.17. The van der Waals surface area contributed by atoms with Crippen molar-refractivity contribution >= 4 is 33.4 Å². The lowest BCUT2D eigenvalue weighted by atomic mass is 10.1. The van der Waals surface area contributed by atoms with Crippen molar-refractivity contribution in [3.05, 3.63) is 58.6 Å². The van der Waals surface area contributed by atoms with Gasteiger partial charge in [0, 0.05) is 27.0 Å². The normalized spacial score (nSPS) is 15.0. The van der Waals surface area contributed by atoms with E-state index in [1.54, 1.807) is 11.8 Å². The van der Waals surface area contributed by atoms with E-state index in [9.17, 15) is 0 Å². The monoisotopic (exact) mass is 456 g/mol. The second-order valence-electron chi connectivity index (χ2n) is 6.51. The first-order valence-electron chi connectivity index (χ1n) is 9.41. The highest BCUT2D eigenvalue weighted by Gasteiger charge is 2.26. The van der Waals surface area contributed by atoms with E-state index in [-0.39, 0.29) is 6.23 Å². The zero-order valence-electron chi connectivity index (χ0n) is 15.6. The summed E-state index contributed by atoms with van der Waals surface area (Å²) < 4.78 is 7.28. The molecule has 0 fully saturated rings. The van der Waals surface area contributed by atoms with Crippen molar-refractivity contribution < 1.29 is 4.74 Å². The Balaban J connectivity index is 1.70. The number of fused-ring (bicyclic) bond motifs is 3. The van der Waals surface area contributed by atoms with Crippen molar-refractivity contribution in [3.8, 4) is 17.1 Å². The van der Waals surface area contributed by atoms with Gasteiger partial charge in [-0.15, -0.1) is 10.2 Å². The summed E-state index contributed by atoms with van der Waals surface area (Å²) in [4.78, 5) is 4.69. The Hall–Kier alpha value is -2.12. The lowest BCUT2D eigenvalue weighted by Crippen LogP contribution is -2.17. The van der Waals surface area contributed by atoms with Crippen molar-refractivity contribution in [1.82, 2.24) is 15.2 Å². The van der Waals surface area contributed by atoms with E-state index in [0.29, 0.717) is 16.7 Å². The minimum atomic E-state index is -0.382. The zero-order chi connectivity index (χ0) is 19.3. The fourth-order valence-electron chi connectivity index (χ4n) is 3.05. The molecule has 1 atom stereocenters. The molecule has 1 aromatic heterocycles. The van der Waals surface area contributed by atoms with Crippen LogP contribution in [0.5, 0.6) is 5.88 Å². The minimum Gasteiger partial charge on any atom is -0.448 e. The molecule has 0 saturated carbocycles. The van der Waals surface area contributed by atoms with Gasteiger partial charge in [0.25, 0.3) is 0 Å². The fraction of sp³-hybridized carbons (Fsp3) is 0.286. The summed E-state index contributed by atoms with van der Waals surface area (Å²) >= 11 is 5.26. The van der Waals surface area contributed by atoms with Crippen LogP contribution < -0.4 is 10.1 Å². The first kappa shape index (κ1) is 19.2. The number of hydrogen-bond donors (Lipinski definition) is 1. The maximum Gasteiger partial charge on any atom is 0.247 e. The van der Waals surface area contributed by atoms with Gasteiger partial charge in [-0.05, 0) is 18.6 Å². The van der Waals surface area contributed by atoms with Crippen LogP contribution in [0.3, 0.4) is 0 Å². The lowest BCUT2D eigenvalue weighted by molar-refractivity contribution is 0.224. The SMILES string of the molecule is CCCCCSc1nnc2c(n1)O[C@@H](c1ccccc1Br)Nc1ccccc1-2. The molecule has 3 aromatic rings. The summed E-state index contributed by atoms with van der Waals surface area (Å²) in [5, 5.41) is 12.9. The summed E-state index contributed by atoms with van der Waals surface area (Å²) in [6.45, 7) is 2.20. The number of unbranched alkanes of at least 4 members (excludes halogenated alkanes) is 2. The number of ether oxygens (including phenoxy) is 1. The molecule has 2 aromatic carbocycles. The van der Waals surface area contributed by atoms with Crippen LogP contribution in [0.1, 0.15) is 38.0 Å². The van der Waals surface area contributed by atoms with E-state index >= 15 is 0 Å². The Bertz CT molecular complexity index is 969. The van der Waals surface area contributed by atoms with E-state index < -0.39 is 0 Å². The van der Waals surface area contributed by atoms with Gasteiger partial charge in [0.05, 0.1) is 0 Å². The summed E-state index contributed by atoms with van der Waals surface area (Å²) in [5.74, 6) is 1.49. The van der Waals surface area contributed by atoms with Gasteiger partial charge in [0.2, 0.25) is 11.0 Å². The molecule has 0 aliphatic carbocycles. The number of aromatic nitrogens is 3. The first-order valence-corrected chi connectivity index (χ1v) is 11.2. The number of hydrogen-bond acceptors (Lipinski definition) is 6. The quantitative estimate of drug-likeness (QED) is 0.357. The largest absolute Gasteiger partial charge is 0.448 e. The molecule has 0 saturated heterocycles. The van der Waals surface area contributed by atoms with Crippen LogP contribution in [0.4, 0.5) is 5.69 Å². The topological polar surface area (TPSA) is 59.9 Å². The highest BCUT2D eigenvalue weighted by Crippen LogP contribution is 2.40. The summed E-state index contributed by atoms with van der Waals surface area (Å²) in [6, 6.07) is 16.0. The number of thioether (sulfide) groups is 1. The van der Waals surface area contributed by atoms with Gasteiger partial charge in [-0.25, -0.2) is 0 Å². The molecule has 144 valence electrons. The number of nitrogens with zero attached hydrogens (tertiary/aromatic N) is 3. The third-order valence-corrected chi connectivity index (χ3v) is 6.15. The molecule has 0 radical (unpaired) electrons. The summed E-state index contributed by atoms with van der Waals surface area (Å²) in [7, 11) is 0. The maximum atomic E-state index is 6.31. The average molecular weight is 457 g/mol. The van der Waals surface area contributed by atoms with Crippen molar-refractivity contribution in [2.45, 2.75) is 37.6 Å². The Kier molecular flexibility index (Phi) is 6.12. The van der Waals surface area contributed by atoms with Gasteiger partial charge in [-0.3, -0.25) is 0 Å². The third-order valence-electron chi connectivity index (χ3n) is 4.50. The number of para-hydroxylation sites is 1. The minimum absolute atomic E-state index is 0.382. The molecule has 0 bridgehead atoms. The molecule has 1 aliphatic rings. The van der Waals surface area contributed by atoms with E-state index in [1.807, 2.05) is 48.5 Å². The molecule has 1 aliphatic heterocycles. The van der Waals surface area contributed by atoms with Crippen LogP contribution in [0.15, 0.2) is 58.2 Å². The Morgan fingerprint density at radius 3 is 2.75 bits per heavy atom. The Morgan fingerprint density at radius 2 is 1.89 bits per heavy atom. The van der Waals surface area contributed by atoms with Crippen molar-refractivity contribution in [2.24, 2.45) is 0 Å². The van der Waals surface area contributed by atoms with Crippen LogP contribution in [-0.2, 0) is 0 Å². The predicted octanol–water partition coefficient (Wildman–Crippen LogP) is 6.09. The third kappa shape index (κ3) is 4.15. The number of anilines is 1. The molecule has 4 rings (SSSR count). The molecule has 0 spiro atoms. The van der Waals surface area contributed by atoms with Gasteiger partial charge >= 0.3 is 0 Å². The smallest absolute Gasteiger partial charge is 0.247 e. The first-order chi connectivity index (χ1) is 13.8. The molecule has 0 unspecified atom stereocenters. The highest BCUT2D eigenvalue weighted by atomic mass is 79.9. The van der Waals surface area contributed by atoms with Gasteiger partial charge in [-0.2, -0.15) is 4.98 Å². The second kappa shape index (κ2) is 8.92. The summed E-state index contributed by atoms with van der Waals surface area (Å²) in [5.41, 5.74) is 3.55. The number of nitrogens with one attached hydrogen (secondary N) is 1. The van der Waals surface area contributed by atoms with E-state index in [1.165, 1.54) is 12.8 Å². The second-order valence-corrected chi connectivity index (χ2v) is 8.43. The van der Waals surface area contributed by atoms with Crippen LogP contribution in [0.2, 0.25) is 0 Å². The van der Waals surface area contributed by atoms with Crippen LogP contribution in [0, 0.1) is 0 Å². The van der Waals surface area contributed by atoms with Gasteiger partial charge in [0.1, 0.15) is 0 Å². The van der Waals surface area contributed by atoms with Gasteiger partial charge < -0.3 is 10.1 Å². The van der Waals surface area contributed by atoms with E-state index in [2.05, 4.69) is 43.4 Å². The van der Waals surface area contributed by atoms with Crippen molar-refractivity contribution in [3.63, 3.8) is 0 Å². The standard InChI is InChI=1S/C21H21BrN4OS/c1-2-3-8-13-28-21-24-20-18(25-26-21)15-10-5-7-12-17(15)23-19(27-20)14-9-4-6-11-16(14)22/h4-7,9-12,19,23H,2-3,8,13H2,1H3/t19-/m0/s1. The van der Waals surface area contributed by atoms with Gasteiger partial charge in [-0.1, -0.05) is 83.9 Å². The predicted molar refractivity (Wildman–Crippen MR) is 117 cm³/mol. The molecule has 1 N–H and O–H groups in total. The van der Waals surface area contributed by atoms with Crippen LogP contribution in [0.25, 0.3) is 11.3 Å². The molecular weight excluding hydrogens is 436 g/mol. The Labute approximate surface area is 177 Å². The Morgan fingerprint density at radius 1 is 1.07 bits per heavy atom. The average Bonchev–Trinajstić information content (AvgIpc) is 2.88. The van der Waals surface area contributed by atoms with Crippen molar-refractivity contribution in [2.75, 3.05) is 11.1 Å². The number of benzene rings is 2. The molecular formula is C21H21BrN4OS. The lowest BCUT2D eigenvalue weighted by Gasteiger charge is -2.20. The maximum absolute atomic E-state index is 6.31. The molecule has 28 heavy (non-hydrogen) atoms. The van der Waals surface area contributed by atoms with E-state index in [0.717, 1.165) is 33.5 Å². The number of halogens is 1. The van der Waals surface area contributed by atoms with E-state index in [4.69, 9.17) is 4.74 Å². The zero-order valence-corrected chi connectivity index (χ0v) is 18.0. The molecule has 2 heterocycles.